The number of hydrogen-bond donors (Lipinski definition) is 2. The van der Waals surface area contributed by atoms with E-state index in [1.54, 1.807) is 14.1 Å². The molecule has 1 rings (SSSR count). The van der Waals surface area contributed by atoms with E-state index in [4.69, 9.17) is 5.11 Å². The molecule has 0 aliphatic heterocycles. The summed E-state index contributed by atoms with van der Waals surface area (Å²) < 4.78 is 0. The van der Waals surface area contributed by atoms with Gasteiger partial charge in [-0.25, -0.2) is 4.79 Å². The Labute approximate surface area is 98.3 Å². The van der Waals surface area contributed by atoms with E-state index in [9.17, 15) is 4.79 Å². The van der Waals surface area contributed by atoms with Gasteiger partial charge in [-0.15, -0.1) is 10.2 Å². The van der Waals surface area contributed by atoms with E-state index in [0.29, 0.717) is 6.42 Å². The molecule has 2 N–H and O–H groups in total. The lowest BCUT2D eigenvalue weighted by atomic mass is 10.1. The van der Waals surface area contributed by atoms with E-state index in [-0.39, 0.29) is 6.04 Å². The minimum Gasteiger partial charge on any atom is -0.465 e. The van der Waals surface area contributed by atoms with Crippen molar-refractivity contribution in [3.05, 3.63) is 5.01 Å². The third kappa shape index (κ3) is 3.06. The second-order valence-electron chi connectivity index (χ2n) is 3.41. The number of amides is 1. The van der Waals surface area contributed by atoms with Crippen molar-refractivity contribution < 1.29 is 9.90 Å². The van der Waals surface area contributed by atoms with Gasteiger partial charge in [0.2, 0.25) is 5.13 Å². The Morgan fingerprint density at radius 3 is 2.75 bits per heavy atom. The predicted molar refractivity (Wildman–Crippen MR) is 63.0 cm³/mol. The molecule has 0 spiro atoms. The molecule has 0 aliphatic rings. The Balaban J connectivity index is 2.66. The summed E-state index contributed by atoms with van der Waals surface area (Å²) in [4.78, 5) is 12.2. The number of carboxylic acid groups (broad SMARTS) is 1. The fraction of sp³-hybridized carbons (Fsp3) is 0.667. The number of likely N-dealkylation sites (N-methyl/N-ethyl adjacent to an activating group) is 1. The maximum Gasteiger partial charge on any atom is 0.407 e. The lowest BCUT2D eigenvalue weighted by Crippen LogP contribution is -2.37. The Morgan fingerprint density at radius 2 is 2.31 bits per heavy atom. The van der Waals surface area contributed by atoms with Crippen molar-refractivity contribution in [3.8, 4) is 0 Å². The Bertz CT molecular complexity index is 355. The topological polar surface area (TPSA) is 78.4 Å². The number of rotatable bonds is 5. The molecule has 0 aliphatic carbocycles. The van der Waals surface area contributed by atoms with Gasteiger partial charge in [-0.3, -0.25) is 0 Å². The predicted octanol–water partition coefficient (Wildman–Crippen LogP) is 1.51. The van der Waals surface area contributed by atoms with Crippen molar-refractivity contribution in [3.63, 3.8) is 0 Å². The Hall–Kier alpha value is -1.37. The molecule has 0 bridgehead atoms. The first kappa shape index (κ1) is 12.7. The fourth-order valence-electron chi connectivity index (χ4n) is 1.35. The average Bonchev–Trinajstić information content (AvgIpc) is 2.72. The van der Waals surface area contributed by atoms with Crippen LogP contribution in [0.15, 0.2) is 0 Å². The number of nitrogens with one attached hydrogen (secondary N) is 1. The van der Waals surface area contributed by atoms with Crippen molar-refractivity contribution in [2.75, 3.05) is 19.4 Å². The van der Waals surface area contributed by atoms with Gasteiger partial charge in [-0.2, -0.15) is 0 Å². The molecule has 1 unspecified atom stereocenters. The van der Waals surface area contributed by atoms with Gasteiger partial charge in [0.25, 0.3) is 0 Å². The number of hydrogen-bond acceptors (Lipinski definition) is 5. The highest BCUT2D eigenvalue weighted by molar-refractivity contribution is 7.15. The Kier molecular flexibility index (Phi) is 4.48. The molecular formula is C9H16N4O2S. The molecule has 0 saturated carbocycles. The average molecular weight is 244 g/mol. The maximum atomic E-state index is 10.8. The summed E-state index contributed by atoms with van der Waals surface area (Å²) in [5.41, 5.74) is 0. The molecule has 0 aromatic carbocycles. The van der Waals surface area contributed by atoms with E-state index < -0.39 is 6.09 Å². The number of anilines is 1. The molecule has 1 aromatic rings. The van der Waals surface area contributed by atoms with Crippen LogP contribution in [-0.2, 0) is 6.42 Å². The largest absolute Gasteiger partial charge is 0.465 e. The quantitative estimate of drug-likeness (QED) is 0.821. The van der Waals surface area contributed by atoms with Crippen LogP contribution in [0.25, 0.3) is 0 Å². The van der Waals surface area contributed by atoms with Gasteiger partial charge >= 0.3 is 6.09 Å². The zero-order valence-electron chi connectivity index (χ0n) is 9.60. The first-order valence-corrected chi connectivity index (χ1v) is 5.86. The first-order chi connectivity index (χ1) is 7.58. The SMILES string of the molecule is CCC(Cc1nnc(NC)s1)N(C)C(=O)O. The molecule has 0 radical (unpaired) electrons. The van der Waals surface area contributed by atoms with Gasteiger partial charge in [0.05, 0.1) is 0 Å². The fourth-order valence-corrected chi connectivity index (χ4v) is 2.11. The van der Waals surface area contributed by atoms with Crippen LogP contribution in [0.1, 0.15) is 18.4 Å². The van der Waals surface area contributed by atoms with E-state index >= 15 is 0 Å². The van der Waals surface area contributed by atoms with Gasteiger partial charge in [0.15, 0.2) is 0 Å². The van der Waals surface area contributed by atoms with Gasteiger partial charge < -0.3 is 15.3 Å². The lowest BCUT2D eigenvalue weighted by Gasteiger charge is -2.23. The molecule has 1 heterocycles. The highest BCUT2D eigenvalue weighted by Gasteiger charge is 2.19. The maximum absolute atomic E-state index is 10.8. The van der Waals surface area contributed by atoms with Crippen LogP contribution in [0.5, 0.6) is 0 Å². The molecule has 90 valence electrons. The van der Waals surface area contributed by atoms with Crippen molar-refractivity contribution in [2.24, 2.45) is 0 Å². The molecule has 1 amide bonds. The molecule has 0 saturated heterocycles. The van der Waals surface area contributed by atoms with Crippen LogP contribution in [0.4, 0.5) is 9.93 Å². The van der Waals surface area contributed by atoms with Gasteiger partial charge in [0.1, 0.15) is 5.01 Å². The summed E-state index contributed by atoms with van der Waals surface area (Å²) in [5, 5.41) is 21.3. The summed E-state index contributed by atoms with van der Waals surface area (Å²) in [6.45, 7) is 1.96. The number of nitrogens with zero attached hydrogens (tertiary/aromatic N) is 3. The second-order valence-corrected chi connectivity index (χ2v) is 4.47. The van der Waals surface area contributed by atoms with Gasteiger partial charge in [-0.1, -0.05) is 18.3 Å². The highest BCUT2D eigenvalue weighted by Crippen LogP contribution is 2.18. The molecule has 6 nitrogen and oxygen atoms in total. The third-order valence-corrected chi connectivity index (χ3v) is 3.37. The minimum atomic E-state index is -0.912. The number of carbonyl (C=O) groups is 1. The van der Waals surface area contributed by atoms with Crippen LogP contribution in [0.3, 0.4) is 0 Å². The third-order valence-electron chi connectivity index (χ3n) is 2.41. The molecular weight excluding hydrogens is 228 g/mol. The molecule has 1 aromatic heterocycles. The van der Waals surface area contributed by atoms with Crippen molar-refractivity contribution >= 4 is 22.6 Å². The summed E-state index contributed by atoms with van der Waals surface area (Å²) in [6, 6.07) is -0.0462. The van der Waals surface area contributed by atoms with Crippen LogP contribution < -0.4 is 5.32 Å². The lowest BCUT2D eigenvalue weighted by molar-refractivity contribution is 0.136. The van der Waals surface area contributed by atoms with Crippen LogP contribution in [-0.4, -0.2) is 46.4 Å². The first-order valence-electron chi connectivity index (χ1n) is 5.04. The molecule has 16 heavy (non-hydrogen) atoms. The summed E-state index contributed by atoms with van der Waals surface area (Å²) in [6.07, 6.45) is 0.459. The summed E-state index contributed by atoms with van der Waals surface area (Å²) in [7, 11) is 3.36. The van der Waals surface area contributed by atoms with Gasteiger partial charge in [0, 0.05) is 26.6 Å². The van der Waals surface area contributed by atoms with Crippen molar-refractivity contribution in [1.29, 1.82) is 0 Å². The monoisotopic (exact) mass is 244 g/mol. The van der Waals surface area contributed by atoms with E-state index in [2.05, 4.69) is 15.5 Å². The summed E-state index contributed by atoms with van der Waals surface area (Å²) >= 11 is 1.45. The molecule has 7 heteroatoms. The standard InChI is InChI=1S/C9H16N4O2S/c1-4-6(13(3)9(14)15)5-7-11-12-8(10-2)16-7/h6H,4-5H2,1-3H3,(H,10,12)(H,14,15). The van der Waals surface area contributed by atoms with Crippen LogP contribution >= 0.6 is 11.3 Å². The minimum absolute atomic E-state index is 0.0462. The summed E-state index contributed by atoms with van der Waals surface area (Å²) in [5.74, 6) is 0. The van der Waals surface area contributed by atoms with Crippen molar-refractivity contribution in [2.45, 2.75) is 25.8 Å². The second kappa shape index (κ2) is 5.64. The van der Waals surface area contributed by atoms with Crippen LogP contribution in [0, 0.1) is 0 Å². The normalized spacial score (nSPS) is 12.2. The Morgan fingerprint density at radius 1 is 1.62 bits per heavy atom. The van der Waals surface area contributed by atoms with Gasteiger partial charge in [-0.05, 0) is 6.42 Å². The highest BCUT2D eigenvalue weighted by atomic mass is 32.1. The molecule has 1 atom stereocenters. The number of aromatic nitrogens is 2. The van der Waals surface area contributed by atoms with Crippen molar-refractivity contribution in [1.82, 2.24) is 15.1 Å². The van der Waals surface area contributed by atoms with E-state index in [1.807, 2.05) is 6.92 Å². The smallest absolute Gasteiger partial charge is 0.407 e. The zero-order chi connectivity index (χ0) is 12.1. The molecule has 0 fully saturated rings. The van der Waals surface area contributed by atoms with Crippen LogP contribution in [0.2, 0.25) is 0 Å². The van der Waals surface area contributed by atoms with E-state index in [1.165, 1.54) is 16.2 Å². The zero-order valence-corrected chi connectivity index (χ0v) is 10.4. The van der Waals surface area contributed by atoms with E-state index in [0.717, 1.165) is 16.6 Å².